The van der Waals surface area contributed by atoms with E-state index in [2.05, 4.69) is 0 Å². The van der Waals surface area contributed by atoms with E-state index in [1.165, 1.54) is 0 Å². The SMILES string of the molecule is CC(C)([O-])COC(C)(C)C.[Na+]. The minimum absolute atomic E-state index is 0. The smallest absolute Gasteiger partial charge is 0.848 e. The molecule has 0 fully saturated rings. The van der Waals surface area contributed by atoms with Crippen LogP contribution in [0.25, 0.3) is 0 Å². The van der Waals surface area contributed by atoms with Crippen LogP contribution in [-0.4, -0.2) is 17.8 Å². The fraction of sp³-hybridized carbons (Fsp3) is 1.00. The molecule has 0 aliphatic heterocycles. The molecular formula is C8H17NaO2. The summed E-state index contributed by atoms with van der Waals surface area (Å²) < 4.78 is 5.28. The Balaban J connectivity index is 0. The van der Waals surface area contributed by atoms with E-state index in [0.717, 1.165) is 0 Å². The van der Waals surface area contributed by atoms with Crippen molar-refractivity contribution in [2.24, 2.45) is 0 Å². The number of rotatable bonds is 2. The Morgan fingerprint density at radius 3 is 1.55 bits per heavy atom. The molecule has 0 amide bonds. The van der Waals surface area contributed by atoms with Crippen molar-refractivity contribution < 1.29 is 39.4 Å². The van der Waals surface area contributed by atoms with Gasteiger partial charge in [0, 0.05) is 6.61 Å². The van der Waals surface area contributed by atoms with Crippen LogP contribution in [0.4, 0.5) is 0 Å². The van der Waals surface area contributed by atoms with Crippen molar-refractivity contribution in [3.05, 3.63) is 0 Å². The molecule has 0 aliphatic rings. The van der Waals surface area contributed by atoms with Crippen molar-refractivity contribution in [1.82, 2.24) is 0 Å². The summed E-state index contributed by atoms with van der Waals surface area (Å²) in [4.78, 5) is 0. The third kappa shape index (κ3) is 13.9. The van der Waals surface area contributed by atoms with E-state index >= 15 is 0 Å². The van der Waals surface area contributed by atoms with Gasteiger partial charge in [0.15, 0.2) is 0 Å². The van der Waals surface area contributed by atoms with E-state index in [9.17, 15) is 5.11 Å². The third-order valence-electron chi connectivity index (χ3n) is 0.853. The Labute approximate surface area is 91.6 Å². The van der Waals surface area contributed by atoms with Gasteiger partial charge in [-0.2, -0.15) is 0 Å². The van der Waals surface area contributed by atoms with Gasteiger partial charge < -0.3 is 9.84 Å². The fourth-order valence-corrected chi connectivity index (χ4v) is 0.390. The first-order valence-corrected chi connectivity index (χ1v) is 3.55. The summed E-state index contributed by atoms with van der Waals surface area (Å²) >= 11 is 0. The maximum absolute atomic E-state index is 11.0. The molecule has 3 heteroatoms. The molecule has 0 radical (unpaired) electrons. The summed E-state index contributed by atoms with van der Waals surface area (Å²) in [5.74, 6) is 0. The predicted octanol–water partition coefficient (Wildman–Crippen LogP) is -2.06. The quantitative estimate of drug-likeness (QED) is 0.444. The summed E-state index contributed by atoms with van der Waals surface area (Å²) in [5.41, 5.74) is -1.16. The summed E-state index contributed by atoms with van der Waals surface area (Å²) in [6.45, 7) is 9.35. The maximum atomic E-state index is 11.0. The van der Waals surface area contributed by atoms with Crippen LogP contribution in [0.15, 0.2) is 0 Å². The van der Waals surface area contributed by atoms with Crippen LogP contribution in [-0.2, 0) is 4.74 Å². The zero-order valence-corrected chi connectivity index (χ0v) is 10.5. The molecule has 0 aromatic heterocycles. The minimum Gasteiger partial charge on any atom is -0.848 e. The Bertz CT molecular complexity index is 85.6. The molecule has 11 heavy (non-hydrogen) atoms. The standard InChI is InChI=1S/C8H17O2.Na/c1-7(2,3)10-6-8(4,5)9;/h6H2,1-5H3;/q-1;+1. The first-order chi connectivity index (χ1) is 4.21. The topological polar surface area (TPSA) is 32.3 Å². The van der Waals surface area contributed by atoms with Crippen LogP contribution in [0.1, 0.15) is 34.6 Å². The second-order valence-corrected chi connectivity index (χ2v) is 4.16. The minimum atomic E-state index is -0.965. The van der Waals surface area contributed by atoms with Crippen LogP contribution in [0.5, 0.6) is 0 Å². The van der Waals surface area contributed by atoms with Gasteiger partial charge in [0.05, 0.1) is 5.60 Å². The van der Waals surface area contributed by atoms with E-state index in [0.29, 0.717) is 0 Å². The molecule has 0 rings (SSSR count). The van der Waals surface area contributed by atoms with Gasteiger partial charge in [-0.25, -0.2) is 0 Å². The molecule has 0 N–H and O–H groups in total. The third-order valence-corrected chi connectivity index (χ3v) is 0.853. The molecule has 2 nitrogen and oxygen atoms in total. The Hall–Kier alpha value is 0.920. The van der Waals surface area contributed by atoms with Gasteiger partial charge in [0.25, 0.3) is 0 Å². The zero-order chi connectivity index (χ0) is 8.41. The van der Waals surface area contributed by atoms with Gasteiger partial charge in [-0.3, -0.25) is 0 Å². The van der Waals surface area contributed by atoms with Crippen LogP contribution < -0.4 is 34.7 Å². The number of hydrogen-bond acceptors (Lipinski definition) is 2. The van der Waals surface area contributed by atoms with E-state index < -0.39 is 5.60 Å². The van der Waals surface area contributed by atoms with Crippen molar-refractivity contribution in [3.8, 4) is 0 Å². The van der Waals surface area contributed by atoms with E-state index in [1.54, 1.807) is 13.8 Å². The molecule has 0 heterocycles. The first-order valence-electron chi connectivity index (χ1n) is 3.55. The zero-order valence-electron chi connectivity index (χ0n) is 8.52. The van der Waals surface area contributed by atoms with Crippen molar-refractivity contribution >= 4 is 0 Å². The Kier molecular flexibility index (Phi) is 6.34. The van der Waals surface area contributed by atoms with Crippen LogP contribution in [0, 0.1) is 0 Å². The second-order valence-electron chi connectivity index (χ2n) is 4.16. The van der Waals surface area contributed by atoms with Gasteiger partial charge in [-0.1, -0.05) is 19.4 Å². The summed E-state index contributed by atoms with van der Waals surface area (Å²) in [6, 6.07) is 0. The van der Waals surface area contributed by atoms with Crippen LogP contribution in [0.2, 0.25) is 0 Å². The van der Waals surface area contributed by atoms with Gasteiger partial charge in [0.2, 0.25) is 0 Å². The average Bonchev–Trinajstić information content (AvgIpc) is 1.57. The Morgan fingerprint density at radius 1 is 1.09 bits per heavy atom. The number of hydrogen-bond donors (Lipinski definition) is 0. The average molecular weight is 168 g/mol. The van der Waals surface area contributed by atoms with Crippen molar-refractivity contribution in [3.63, 3.8) is 0 Å². The molecule has 0 aliphatic carbocycles. The summed E-state index contributed by atoms with van der Waals surface area (Å²) in [6.07, 6.45) is 0. The molecular weight excluding hydrogens is 151 g/mol. The van der Waals surface area contributed by atoms with Crippen LogP contribution >= 0.6 is 0 Å². The second kappa shape index (κ2) is 4.83. The van der Waals surface area contributed by atoms with Gasteiger partial charge in [-0.15, -0.1) is 0 Å². The van der Waals surface area contributed by atoms with E-state index in [-0.39, 0.29) is 41.8 Å². The predicted molar refractivity (Wildman–Crippen MR) is 39.8 cm³/mol. The molecule has 0 unspecified atom stereocenters. The molecule has 0 bridgehead atoms. The van der Waals surface area contributed by atoms with Crippen molar-refractivity contribution in [2.75, 3.05) is 6.61 Å². The molecule has 0 saturated carbocycles. The molecule has 0 aromatic rings. The largest absolute Gasteiger partial charge is 1.00 e. The van der Waals surface area contributed by atoms with Crippen LogP contribution in [0.3, 0.4) is 0 Å². The Morgan fingerprint density at radius 2 is 1.45 bits per heavy atom. The van der Waals surface area contributed by atoms with Gasteiger partial charge >= 0.3 is 29.6 Å². The van der Waals surface area contributed by atoms with Gasteiger partial charge in [0.1, 0.15) is 0 Å². The molecule has 62 valence electrons. The first kappa shape index (κ1) is 14.4. The van der Waals surface area contributed by atoms with Gasteiger partial charge in [-0.05, 0) is 20.8 Å². The summed E-state index contributed by atoms with van der Waals surface area (Å²) in [7, 11) is 0. The molecule has 0 spiro atoms. The van der Waals surface area contributed by atoms with Crippen molar-refractivity contribution in [1.29, 1.82) is 0 Å². The van der Waals surface area contributed by atoms with E-state index in [4.69, 9.17) is 4.74 Å². The van der Waals surface area contributed by atoms with E-state index in [1.807, 2.05) is 20.8 Å². The van der Waals surface area contributed by atoms with Crippen molar-refractivity contribution in [2.45, 2.75) is 45.8 Å². The molecule has 0 aromatic carbocycles. The normalized spacial score (nSPS) is 12.5. The maximum Gasteiger partial charge on any atom is 1.00 e. The molecule has 0 saturated heterocycles. The number of ether oxygens (including phenoxy) is 1. The molecule has 0 atom stereocenters. The fourth-order valence-electron chi connectivity index (χ4n) is 0.390. The summed E-state index contributed by atoms with van der Waals surface area (Å²) in [5, 5.41) is 11.0. The monoisotopic (exact) mass is 168 g/mol.